The molecule has 0 spiro atoms. The number of hydrogen-bond acceptors (Lipinski definition) is 3. The zero-order chi connectivity index (χ0) is 11.4. The van der Waals surface area contributed by atoms with E-state index in [2.05, 4.69) is 23.3 Å². The highest BCUT2D eigenvalue weighted by molar-refractivity contribution is 5.53. The number of hydrogen-bond donors (Lipinski definition) is 1. The number of nitriles is 1. The summed E-state index contributed by atoms with van der Waals surface area (Å²) < 4.78 is 0. The first-order valence-electron chi connectivity index (χ1n) is 5.95. The number of pyridine rings is 1. The van der Waals surface area contributed by atoms with Gasteiger partial charge in [-0.25, -0.2) is 4.98 Å². The maximum atomic E-state index is 8.95. The van der Waals surface area contributed by atoms with Gasteiger partial charge >= 0.3 is 0 Å². The summed E-state index contributed by atoms with van der Waals surface area (Å²) in [7, 11) is 0. The number of nitrogens with zero attached hydrogens (tertiary/aromatic N) is 2. The lowest BCUT2D eigenvalue weighted by atomic mass is 10.1. The van der Waals surface area contributed by atoms with Gasteiger partial charge in [-0.15, -0.1) is 0 Å². The average molecular weight is 215 g/mol. The molecule has 84 valence electrons. The Bertz CT molecular complexity index is 390. The highest BCUT2D eigenvalue weighted by Crippen LogP contribution is 2.34. The standard InChI is InChI=1S/C13H17N3/c1-2-11(8-10-5-6-10)16-12-4-3-7-15-13(12)9-14/h3-4,7,10-11,16H,2,5-6,8H2,1H3. The lowest BCUT2D eigenvalue weighted by Gasteiger charge is -2.18. The summed E-state index contributed by atoms with van der Waals surface area (Å²) in [6.07, 6.45) is 6.71. The van der Waals surface area contributed by atoms with Crippen LogP contribution in [-0.2, 0) is 0 Å². The third kappa shape index (κ3) is 2.73. The summed E-state index contributed by atoms with van der Waals surface area (Å²) in [5.74, 6) is 0.902. The maximum Gasteiger partial charge on any atom is 0.163 e. The van der Waals surface area contributed by atoms with Gasteiger partial charge in [0.05, 0.1) is 5.69 Å². The van der Waals surface area contributed by atoms with Crippen molar-refractivity contribution in [2.24, 2.45) is 5.92 Å². The Morgan fingerprint density at radius 3 is 3.06 bits per heavy atom. The van der Waals surface area contributed by atoms with Crippen LogP contribution < -0.4 is 5.32 Å². The predicted octanol–water partition coefficient (Wildman–Crippen LogP) is 2.94. The van der Waals surface area contributed by atoms with Crippen molar-refractivity contribution in [3.05, 3.63) is 24.0 Å². The van der Waals surface area contributed by atoms with Crippen molar-refractivity contribution in [2.45, 2.75) is 38.6 Å². The van der Waals surface area contributed by atoms with Gasteiger partial charge in [-0.05, 0) is 30.9 Å². The van der Waals surface area contributed by atoms with Crippen LogP contribution in [0.1, 0.15) is 38.3 Å². The van der Waals surface area contributed by atoms with Gasteiger partial charge in [-0.2, -0.15) is 5.26 Å². The average Bonchev–Trinajstić information content (AvgIpc) is 3.13. The third-order valence-electron chi connectivity index (χ3n) is 3.08. The van der Waals surface area contributed by atoms with E-state index in [1.54, 1.807) is 6.20 Å². The van der Waals surface area contributed by atoms with Crippen LogP contribution in [0.3, 0.4) is 0 Å². The van der Waals surface area contributed by atoms with Crippen LogP contribution in [0, 0.1) is 17.2 Å². The molecule has 1 aromatic heterocycles. The second kappa shape index (κ2) is 4.98. The van der Waals surface area contributed by atoms with Crippen molar-refractivity contribution >= 4 is 5.69 Å². The summed E-state index contributed by atoms with van der Waals surface area (Å²) in [5, 5.41) is 12.4. The van der Waals surface area contributed by atoms with Crippen LogP contribution in [0.25, 0.3) is 0 Å². The molecule has 1 atom stereocenters. The van der Waals surface area contributed by atoms with E-state index in [0.717, 1.165) is 18.0 Å². The first-order chi connectivity index (χ1) is 7.83. The van der Waals surface area contributed by atoms with Crippen molar-refractivity contribution in [1.29, 1.82) is 5.26 Å². The quantitative estimate of drug-likeness (QED) is 0.821. The van der Waals surface area contributed by atoms with Crippen LogP contribution >= 0.6 is 0 Å². The Balaban J connectivity index is 2.02. The molecule has 16 heavy (non-hydrogen) atoms. The summed E-state index contributed by atoms with van der Waals surface area (Å²) in [6, 6.07) is 6.40. The van der Waals surface area contributed by atoms with E-state index in [0.29, 0.717) is 11.7 Å². The van der Waals surface area contributed by atoms with Crippen LogP contribution in [-0.4, -0.2) is 11.0 Å². The summed E-state index contributed by atoms with van der Waals surface area (Å²) in [5.41, 5.74) is 1.37. The first kappa shape index (κ1) is 10.9. The molecule has 1 N–H and O–H groups in total. The molecule has 0 saturated heterocycles. The molecule has 1 aliphatic carbocycles. The monoisotopic (exact) mass is 215 g/mol. The SMILES string of the molecule is CCC(CC1CC1)Nc1cccnc1C#N. The summed E-state index contributed by atoms with van der Waals surface area (Å²) >= 11 is 0. The Morgan fingerprint density at radius 1 is 1.62 bits per heavy atom. The van der Waals surface area contributed by atoms with Gasteiger partial charge in [0.2, 0.25) is 0 Å². The van der Waals surface area contributed by atoms with Crippen molar-refractivity contribution in [2.75, 3.05) is 5.32 Å². The van der Waals surface area contributed by atoms with E-state index in [1.807, 2.05) is 12.1 Å². The van der Waals surface area contributed by atoms with Gasteiger partial charge in [0.1, 0.15) is 6.07 Å². The minimum absolute atomic E-state index is 0.476. The Kier molecular flexibility index (Phi) is 3.40. The zero-order valence-corrected chi connectivity index (χ0v) is 9.61. The van der Waals surface area contributed by atoms with Crippen molar-refractivity contribution in [3.63, 3.8) is 0 Å². The van der Waals surface area contributed by atoms with Crippen LogP contribution in [0.2, 0.25) is 0 Å². The highest BCUT2D eigenvalue weighted by atomic mass is 14.9. The molecule has 0 amide bonds. The molecule has 0 aromatic carbocycles. The van der Waals surface area contributed by atoms with E-state index >= 15 is 0 Å². The molecule has 0 bridgehead atoms. The molecule has 0 radical (unpaired) electrons. The minimum atomic E-state index is 0.476. The smallest absolute Gasteiger partial charge is 0.163 e. The maximum absolute atomic E-state index is 8.95. The first-order valence-corrected chi connectivity index (χ1v) is 5.95. The van der Waals surface area contributed by atoms with E-state index in [4.69, 9.17) is 5.26 Å². The van der Waals surface area contributed by atoms with Crippen molar-refractivity contribution in [1.82, 2.24) is 4.98 Å². The Labute approximate surface area is 96.5 Å². The minimum Gasteiger partial charge on any atom is -0.380 e. The fourth-order valence-corrected chi connectivity index (χ4v) is 1.91. The topological polar surface area (TPSA) is 48.7 Å². The number of nitrogens with one attached hydrogen (secondary N) is 1. The largest absolute Gasteiger partial charge is 0.380 e. The van der Waals surface area contributed by atoms with Crippen LogP contribution in [0.4, 0.5) is 5.69 Å². The van der Waals surface area contributed by atoms with Gasteiger partial charge in [-0.1, -0.05) is 19.8 Å². The molecule has 1 heterocycles. The fraction of sp³-hybridized carbons (Fsp3) is 0.538. The fourth-order valence-electron chi connectivity index (χ4n) is 1.91. The lowest BCUT2D eigenvalue weighted by molar-refractivity contribution is 0.586. The zero-order valence-electron chi connectivity index (χ0n) is 9.61. The van der Waals surface area contributed by atoms with Gasteiger partial charge < -0.3 is 5.32 Å². The Hall–Kier alpha value is -1.56. The molecule has 1 aliphatic rings. The molecule has 3 heteroatoms. The second-order valence-electron chi connectivity index (χ2n) is 4.44. The van der Waals surface area contributed by atoms with Crippen LogP contribution in [0.15, 0.2) is 18.3 Å². The number of rotatable bonds is 5. The van der Waals surface area contributed by atoms with Gasteiger partial charge in [0.15, 0.2) is 5.69 Å². The predicted molar refractivity (Wildman–Crippen MR) is 64.0 cm³/mol. The number of anilines is 1. The van der Waals surface area contributed by atoms with E-state index in [1.165, 1.54) is 19.3 Å². The highest BCUT2D eigenvalue weighted by Gasteiger charge is 2.24. The molecule has 1 unspecified atom stereocenters. The normalized spacial score (nSPS) is 16.5. The summed E-state index contributed by atoms with van der Waals surface area (Å²) in [4.78, 5) is 4.06. The Morgan fingerprint density at radius 2 is 2.44 bits per heavy atom. The molecule has 1 aromatic rings. The third-order valence-corrected chi connectivity index (χ3v) is 3.08. The molecule has 1 fully saturated rings. The number of aromatic nitrogens is 1. The van der Waals surface area contributed by atoms with Gasteiger partial charge in [-0.3, -0.25) is 0 Å². The summed E-state index contributed by atoms with van der Waals surface area (Å²) in [6.45, 7) is 2.18. The van der Waals surface area contributed by atoms with Crippen molar-refractivity contribution < 1.29 is 0 Å². The van der Waals surface area contributed by atoms with Gasteiger partial charge in [0.25, 0.3) is 0 Å². The molecular weight excluding hydrogens is 198 g/mol. The second-order valence-corrected chi connectivity index (χ2v) is 4.44. The van der Waals surface area contributed by atoms with Crippen molar-refractivity contribution in [3.8, 4) is 6.07 Å². The van der Waals surface area contributed by atoms with Crippen LogP contribution in [0.5, 0.6) is 0 Å². The van der Waals surface area contributed by atoms with Gasteiger partial charge in [0, 0.05) is 12.2 Å². The van der Waals surface area contributed by atoms with E-state index < -0.39 is 0 Å². The molecule has 0 aliphatic heterocycles. The molecule has 2 rings (SSSR count). The van der Waals surface area contributed by atoms with E-state index in [9.17, 15) is 0 Å². The lowest BCUT2D eigenvalue weighted by Crippen LogP contribution is -2.19. The molecule has 3 nitrogen and oxygen atoms in total. The molecule has 1 saturated carbocycles. The van der Waals surface area contributed by atoms with E-state index in [-0.39, 0.29) is 0 Å². The molecular formula is C13H17N3.